The number of nitrogens with one attached hydrogen (secondary N) is 1. The van der Waals surface area contributed by atoms with Crippen LogP contribution in [0.1, 0.15) is 24.2 Å². The Morgan fingerprint density at radius 2 is 2.12 bits per heavy atom. The van der Waals surface area contributed by atoms with Gasteiger partial charge in [0.05, 0.1) is 30.5 Å². The van der Waals surface area contributed by atoms with Gasteiger partial charge in [-0.3, -0.25) is 4.98 Å². The van der Waals surface area contributed by atoms with Crippen LogP contribution in [0, 0.1) is 0 Å². The van der Waals surface area contributed by atoms with Crippen LogP contribution in [0.15, 0.2) is 18.3 Å². The van der Waals surface area contributed by atoms with Crippen LogP contribution < -0.4 is 5.32 Å². The van der Waals surface area contributed by atoms with E-state index >= 15 is 0 Å². The third-order valence-corrected chi connectivity index (χ3v) is 2.61. The van der Waals surface area contributed by atoms with E-state index < -0.39 is 11.7 Å². The molecule has 1 aliphatic heterocycles. The zero-order valence-electron chi connectivity index (χ0n) is 9.29. The fourth-order valence-corrected chi connectivity index (χ4v) is 1.75. The topological polar surface area (TPSA) is 34.1 Å². The van der Waals surface area contributed by atoms with Gasteiger partial charge >= 0.3 is 6.18 Å². The molecular formula is C11H13F3N2O. The Morgan fingerprint density at radius 3 is 2.65 bits per heavy atom. The van der Waals surface area contributed by atoms with Gasteiger partial charge in [0.1, 0.15) is 0 Å². The number of nitrogens with zero attached hydrogens (tertiary/aromatic N) is 1. The molecule has 0 radical (unpaired) electrons. The number of pyridine rings is 1. The number of halogens is 3. The summed E-state index contributed by atoms with van der Waals surface area (Å²) < 4.78 is 42.4. The summed E-state index contributed by atoms with van der Waals surface area (Å²) in [7, 11) is 0. The highest BCUT2D eigenvalue weighted by molar-refractivity contribution is 5.19. The number of hydrogen-bond acceptors (Lipinski definition) is 3. The third kappa shape index (κ3) is 2.95. The summed E-state index contributed by atoms with van der Waals surface area (Å²) in [5.74, 6) is 0. The Bertz CT molecular complexity index is 377. The molecule has 6 heteroatoms. The zero-order chi connectivity index (χ0) is 12.5. The standard InChI is InChI=1S/C11H13F3N2O/c1-7-5-17-6-10(16-7)9-3-2-8(4-15-9)11(12,13)14/h2-4,7,10,16H,5-6H2,1H3/t7-,10?/m1/s1. The van der Waals surface area contributed by atoms with Crippen molar-refractivity contribution in [3.8, 4) is 0 Å². The number of morpholine rings is 1. The highest BCUT2D eigenvalue weighted by atomic mass is 19.4. The summed E-state index contributed by atoms with van der Waals surface area (Å²) in [5, 5.41) is 3.22. The molecule has 94 valence electrons. The normalized spacial score (nSPS) is 25.9. The first kappa shape index (κ1) is 12.3. The summed E-state index contributed by atoms with van der Waals surface area (Å²) in [6, 6.07) is 2.48. The van der Waals surface area contributed by atoms with E-state index in [9.17, 15) is 13.2 Å². The zero-order valence-corrected chi connectivity index (χ0v) is 9.29. The first-order valence-electron chi connectivity index (χ1n) is 5.34. The molecule has 0 saturated carbocycles. The Balaban J connectivity index is 2.12. The molecule has 1 unspecified atom stereocenters. The molecular weight excluding hydrogens is 233 g/mol. The quantitative estimate of drug-likeness (QED) is 0.824. The van der Waals surface area contributed by atoms with E-state index in [2.05, 4.69) is 10.3 Å². The molecule has 0 bridgehead atoms. The van der Waals surface area contributed by atoms with Crippen molar-refractivity contribution in [2.24, 2.45) is 0 Å². The van der Waals surface area contributed by atoms with Crippen LogP contribution in [-0.4, -0.2) is 24.2 Å². The average molecular weight is 246 g/mol. The molecule has 2 heterocycles. The molecule has 17 heavy (non-hydrogen) atoms. The van der Waals surface area contributed by atoms with Crippen molar-refractivity contribution in [1.82, 2.24) is 10.3 Å². The molecule has 1 aliphatic rings. The molecule has 0 amide bonds. The SMILES string of the molecule is C[C@@H]1COCC(c2ccc(C(F)(F)F)cn2)N1. The number of rotatable bonds is 1. The van der Waals surface area contributed by atoms with Crippen molar-refractivity contribution in [3.05, 3.63) is 29.6 Å². The molecule has 1 aromatic heterocycles. The maximum absolute atomic E-state index is 12.3. The summed E-state index contributed by atoms with van der Waals surface area (Å²) in [4.78, 5) is 3.84. The predicted molar refractivity (Wildman–Crippen MR) is 55.4 cm³/mol. The van der Waals surface area contributed by atoms with Gasteiger partial charge in [-0.2, -0.15) is 13.2 Å². The third-order valence-electron chi connectivity index (χ3n) is 2.61. The van der Waals surface area contributed by atoms with Crippen LogP contribution in [0.5, 0.6) is 0 Å². The monoisotopic (exact) mass is 246 g/mol. The van der Waals surface area contributed by atoms with Crippen LogP contribution >= 0.6 is 0 Å². The maximum atomic E-state index is 12.3. The van der Waals surface area contributed by atoms with Gasteiger partial charge in [-0.05, 0) is 19.1 Å². The lowest BCUT2D eigenvalue weighted by atomic mass is 10.1. The number of alkyl halides is 3. The van der Waals surface area contributed by atoms with E-state index in [0.29, 0.717) is 18.9 Å². The van der Waals surface area contributed by atoms with Crippen LogP contribution in [0.2, 0.25) is 0 Å². The molecule has 0 aliphatic carbocycles. The fourth-order valence-electron chi connectivity index (χ4n) is 1.75. The highest BCUT2D eigenvalue weighted by Gasteiger charge is 2.31. The minimum atomic E-state index is -4.34. The largest absolute Gasteiger partial charge is 0.417 e. The molecule has 2 atom stereocenters. The second-order valence-electron chi connectivity index (χ2n) is 4.13. The Labute approximate surface area is 97.0 Å². The average Bonchev–Trinajstić information content (AvgIpc) is 2.28. The van der Waals surface area contributed by atoms with E-state index in [-0.39, 0.29) is 12.1 Å². The van der Waals surface area contributed by atoms with Crippen molar-refractivity contribution in [2.45, 2.75) is 25.2 Å². The lowest BCUT2D eigenvalue weighted by Crippen LogP contribution is -2.42. The molecule has 1 fully saturated rings. The molecule has 0 spiro atoms. The molecule has 2 rings (SSSR count). The lowest BCUT2D eigenvalue weighted by Gasteiger charge is -2.28. The fraction of sp³-hybridized carbons (Fsp3) is 0.545. The summed E-state index contributed by atoms with van der Waals surface area (Å²) in [5.41, 5.74) is -0.157. The lowest BCUT2D eigenvalue weighted by molar-refractivity contribution is -0.137. The van der Waals surface area contributed by atoms with Crippen LogP contribution in [0.25, 0.3) is 0 Å². The van der Waals surface area contributed by atoms with Crippen LogP contribution in [-0.2, 0) is 10.9 Å². The summed E-state index contributed by atoms with van der Waals surface area (Å²) in [6.07, 6.45) is -3.48. The number of aromatic nitrogens is 1. The van der Waals surface area contributed by atoms with Crippen LogP contribution in [0.4, 0.5) is 13.2 Å². The van der Waals surface area contributed by atoms with Crippen molar-refractivity contribution >= 4 is 0 Å². The van der Waals surface area contributed by atoms with Gasteiger partial charge in [-0.1, -0.05) is 0 Å². The minimum absolute atomic E-state index is 0.138. The van der Waals surface area contributed by atoms with Crippen molar-refractivity contribution in [3.63, 3.8) is 0 Å². The van der Waals surface area contributed by atoms with Crippen molar-refractivity contribution < 1.29 is 17.9 Å². The smallest absolute Gasteiger partial charge is 0.378 e. The second-order valence-corrected chi connectivity index (χ2v) is 4.13. The molecule has 1 N–H and O–H groups in total. The van der Waals surface area contributed by atoms with Gasteiger partial charge < -0.3 is 10.1 Å². The van der Waals surface area contributed by atoms with E-state index in [4.69, 9.17) is 4.74 Å². The van der Waals surface area contributed by atoms with Gasteiger partial charge in [0.2, 0.25) is 0 Å². The number of hydrogen-bond donors (Lipinski definition) is 1. The predicted octanol–water partition coefficient (Wildman–Crippen LogP) is 2.15. The minimum Gasteiger partial charge on any atom is -0.378 e. The van der Waals surface area contributed by atoms with Crippen molar-refractivity contribution in [1.29, 1.82) is 0 Å². The summed E-state index contributed by atoms with van der Waals surface area (Å²) >= 11 is 0. The van der Waals surface area contributed by atoms with Gasteiger partial charge in [-0.25, -0.2) is 0 Å². The molecule has 3 nitrogen and oxygen atoms in total. The molecule has 0 aromatic carbocycles. The first-order valence-corrected chi connectivity index (χ1v) is 5.34. The number of ether oxygens (including phenoxy) is 1. The van der Waals surface area contributed by atoms with Gasteiger partial charge in [0.15, 0.2) is 0 Å². The van der Waals surface area contributed by atoms with Crippen molar-refractivity contribution in [2.75, 3.05) is 13.2 Å². The maximum Gasteiger partial charge on any atom is 0.417 e. The van der Waals surface area contributed by atoms with E-state index in [1.54, 1.807) is 0 Å². The Kier molecular flexibility index (Phi) is 3.35. The first-order chi connectivity index (χ1) is 7.97. The van der Waals surface area contributed by atoms with Crippen LogP contribution in [0.3, 0.4) is 0 Å². The van der Waals surface area contributed by atoms with Gasteiger partial charge in [0, 0.05) is 12.2 Å². The Hall–Kier alpha value is -1.14. The van der Waals surface area contributed by atoms with Gasteiger partial charge in [0.25, 0.3) is 0 Å². The van der Waals surface area contributed by atoms with E-state index in [1.165, 1.54) is 6.07 Å². The Morgan fingerprint density at radius 1 is 1.35 bits per heavy atom. The summed E-state index contributed by atoms with van der Waals surface area (Å²) in [6.45, 7) is 3.00. The highest BCUT2D eigenvalue weighted by Crippen LogP contribution is 2.29. The van der Waals surface area contributed by atoms with E-state index in [0.717, 1.165) is 12.3 Å². The second kappa shape index (κ2) is 4.62. The van der Waals surface area contributed by atoms with E-state index in [1.807, 2.05) is 6.92 Å². The molecule has 1 saturated heterocycles. The molecule has 1 aromatic rings. The van der Waals surface area contributed by atoms with Gasteiger partial charge in [-0.15, -0.1) is 0 Å².